The first-order valence-electron chi connectivity index (χ1n) is 4.25. The second kappa shape index (κ2) is 3.89. The van der Waals surface area contributed by atoms with Gasteiger partial charge in [0.05, 0.1) is 6.54 Å². The Kier molecular flexibility index (Phi) is 2.43. The SMILES string of the molecule is [N-]=[N+]=NCC(=O)c1ccc2c(c1)OCO2. The highest BCUT2D eigenvalue weighted by Crippen LogP contribution is 2.32. The lowest BCUT2D eigenvalue weighted by Gasteiger charge is -1.99. The summed E-state index contributed by atoms with van der Waals surface area (Å²) >= 11 is 0. The van der Waals surface area contributed by atoms with Crippen LogP contribution in [-0.2, 0) is 0 Å². The Morgan fingerprint density at radius 1 is 1.47 bits per heavy atom. The summed E-state index contributed by atoms with van der Waals surface area (Å²) in [5.41, 5.74) is 8.53. The molecule has 1 heterocycles. The number of azide groups is 1. The molecule has 76 valence electrons. The summed E-state index contributed by atoms with van der Waals surface area (Å²) in [7, 11) is 0. The number of nitrogens with zero attached hydrogens (tertiary/aromatic N) is 3. The van der Waals surface area contributed by atoms with Gasteiger partial charge in [0.15, 0.2) is 17.3 Å². The molecule has 0 unspecified atom stereocenters. The third kappa shape index (κ3) is 1.84. The van der Waals surface area contributed by atoms with E-state index in [0.717, 1.165) is 0 Å². The number of ketones is 1. The van der Waals surface area contributed by atoms with Crippen LogP contribution in [0.4, 0.5) is 0 Å². The van der Waals surface area contributed by atoms with Crippen molar-refractivity contribution < 1.29 is 14.3 Å². The van der Waals surface area contributed by atoms with E-state index in [9.17, 15) is 4.79 Å². The molecule has 0 saturated heterocycles. The van der Waals surface area contributed by atoms with E-state index >= 15 is 0 Å². The Bertz CT molecular complexity index is 452. The maximum atomic E-state index is 11.4. The van der Waals surface area contributed by atoms with Crippen LogP contribution in [0, 0.1) is 0 Å². The van der Waals surface area contributed by atoms with Crippen molar-refractivity contribution in [2.24, 2.45) is 5.11 Å². The topological polar surface area (TPSA) is 84.3 Å². The largest absolute Gasteiger partial charge is 0.454 e. The minimum Gasteiger partial charge on any atom is -0.454 e. The Labute approximate surface area is 85.0 Å². The fourth-order valence-corrected chi connectivity index (χ4v) is 1.26. The maximum Gasteiger partial charge on any atom is 0.231 e. The molecule has 0 radical (unpaired) electrons. The predicted octanol–water partition coefficient (Wildman–Crippen LogP) is 1.91. The fourth-order valence-electron chi connectivity index (χ4n) is 1.26. The zero-order chi connectivity index (χ0) is 10.7. The highest BCUT2D eigenvalue weighted by Gasteiger charge is 2.15. The van der Waals surface area contributed by atoms with Crippen LogP contribution in [0.2, 0.25) is 0 Å². The van der Waals surface area contributed by atoms with E-state index in [1.165, 1.54) is 0 Å². The lowest BCUT2D eigenvalue weighted by atomic mass is 10.1. The highest BCUT2D eigenvalue weighted by molar-refractivity contribution is 5.98. The molecule has 1 aromatic carbocycles. The van der Waals surface area contributed by atoms with Crippen molar-refractivity contribution >= 4 is 5.78 Å². The Balaban J connectivity index is 2.22. The van der Waals surface area contributed by atoms with Gasteiger partial charge in [0, 0.05) is 10.5 Å². The van der Waals surface area contributed by atoms with Crippen LogP contribution >= 0.6 is 0 Å². The second-order valence-electron chi connectivity index (χ2n) is 2.88. The second-order valence-corrected chi connectivity index (χ2v) is 2.88. The summed E-state index contributed by atoms with van der Waals surface area (Å²) in [4.78, 5) is 14.0. The summed E-state index contributed by atoms with van der Waals surface area (Å²) < 4.78 is 10.2. The van der Waals surface area contributed by atoms with Gasteiger partial charge >= 0.3 is 0 Å². The van der Waals surface area contributed by atoms with E-state index in [2.05, 4.69) is 10.0 Å². The van der Waals surface area contributed by atoms with Crippen molar-refractivity contribution in [3.63, 3.8) is 0 Å². The smallest absolute Gasteiger partial charge is 0.231 e. The molecule has 0 N–H and O–H groups in total. The number of ether oxygens (including phenoxy) is 2. The van der Waals surface area contributed by atoms with Crippen molar-refractivity contribution in [2.45, 2.75) is 0 Å². The van der Waals surface area contributed by atoms with Crippen LogP contribution < -0.4 is 9.47 Å². The van der Waals surface area contributed by atoms with Gasteiger partial charge in [-0.25, -0.2) is 0 Å². The van der Waals surface area contributed by atoms with E-state index in [1.54, 1.807) is 18.2 Å². The molecule has 0 spiro atoms. The third-order valence-electron chi connectivity index (χ3n) is 1.97. The van der Waals surface area contributed by atoms with Crippen LogP contribution in [0.1, 0.15) is 10.4 Å². The molecule has 0 fully saturated rings. The molecule has 0 atom stereocenters. The molecule has 6 nitrogen and oxygen atoms in total. The van der Waals surface area contributed by atoms with E-state index < -0.39 is 0 Å². The minimum absolute atomic E-state index is 0.170. The van der Waals surface area contributed by atoms with Crippen LogP contribution in [0.5, 0.6) is 11.5 Å². The zero-order valence-corrected chi connectivity index (χ0v) is 7.71. The van der Waals surface area contributed by atoms with Gasteiger partial charge < -0.3 is 9.47 Å². The first kappa shape index (κ1) is 9.36. The molecule has 6 heteroatoms. The van der Waals surface area contributed by atoms with Gasteiger partial charge in [0.1, 0.15) is 0 Å². The number of rotatable bonds is 3. The molecule has 1 aliphatic heterocycles. The molecular weight excluding hydrogens is 198 g/mol. The molecule has 0 aromatic heterocycles. The average molecular weight is 205 g/mol. The van der Waals surface area contributed by atoms with E-state index in [4.69, 9.17) is 15.0 Å². The first-order valence-corrected chi connectivity index (χ1v) is 4.25. The van der Waals surface area contributed by atoms with Crippen LogP contribution in [0.15, 0.2) is 23.3 Å². The fraction of sp³-hybridized carbons (Fsp3) is 0.222. The normalized spacial score (nSPS) is 12.0. The predicted molar refractivity (Wildman–Crippen MR) is 50.9 cm³/mol. The number of benzene rings is 1. The molecule has 0 saturated carbocycles. The van der Waals surface area contributed by atoms with E-state index in [-0.39, 0.29) is 19.1 Å². The maximum absolute atomic E-state index is 11.4. The molecule has 1 aromatic rings. The standard InChI is InChI=1S/C9H7N3O3/c10-12-11-4-7(13)6-1-2-8-9(3-6)15-5-14-8/h1-3H,4-5H2. The number of Topliss-reactive ketones (excluding diaryl/α,β-unsaturated/α-hetero) is 1. The van der Waals surface area contributed by atoms with Gasteiger partial charge in [-0.2, -0.15) is 0 Å². The van der Waals surface area contributed by atoms with E-state index in [0.29, 0.717) is 17.1 Å². The van der Waals surface area contributed by atoms with Crippen molar-refractivity contribution in [3.05, 3.63) is 34.2 Å². The van der Waals surface area contributed by atoms with E-state index in [1.807, 2.05) is 0 Å². The number of hydrogen-bond donors (Lipinski definition) is 0. The number of fused-ring (bicyclic) bond motifs is 1. The minimum atomic E-state index is -0.244. The monoisotopic (exact) mass is 205 g/mol. The van der Waals surface area contributed by atoms with Gasteiger partial charge in [0.25, 0.3) is 0 Å². The Hall–Kier alpha value is -2.20. The molecular formula is C9H7N3O3. The summed E-state index contributed by atoms with van der Waals surface area (Å²) in [6.45, 7) is -0.0144. The third-order valence-corrected chi connectivity index (χ3v) is 1.97. The molecule has 1 aliphatic rings. The lowest BCUT2D eigenvalue weighted by Crippen LogP contribution is -2.02. The van der Waals surface area contributed by atoms with Crippen molar-refractivity contribution in [2.75, 3.05) is 13.3 Å². The van der Waals surface area contributed by atoms with Crippen molar-refractivity contribution in [1.29, 1.82) is 0 Å². The number of carbonyl (C=O) groups excluding carboxylic acids is 1. The van der Waals surface area contributed by atoms with Crippen LogP contribution in [0.25, 0.3) is 10.4 Å². The van der Waals surface area contributed by atoms with Gasteiger partial charge in [0.2, 0.25) is 6.79 Å². The number of carbonyl (C=O) groups is 1. The zero-order valence-electron chi connectivity index (χ0n) is 7.71. The van der Waals surface area contributed by atoms with Gasteiger partial charge in [-0.3, -0.25) is 4.79 Å². The van der Waals surface area contributed by atoms with Crippen LogP contribution in [-0.4, -0.2) is 19.1 Å². The van der Waals surface area contributed by atoms with Crippen molar-refractivity contribution in [3.8, 4) is 11.5 Å². The summed E-state index contributed by atoms with van der Waals surface area (Å²) in [6.07, 6.45) is 0. The summed E-state index contributed by atoms with van der Waals surface area (Å²) in [6, 6.07) is 4.85. The molecule has 15 heavy (non-hydrogen) atoms. The van der Waals surface area contributed by atoms with Crippen LogP contribution in [0.3, 0.4) is 0 Å². The first-order chi connectivity index (χ1) is 7.31. The molecule has 0 aliphatic carbocycles. The van der Waals surface area contributed by atoms with Gasteiger partial charge in [-0.05, 0) is 23.7 Å². The Morgan fingerprint density at radius 3 is 3.07 bits per heavy atom. The lowest BCUT2D eigenvalue weighted by molar-refractivity contribution is 0.100. The van der Waals surface area contributed by atoms with Gasteiger partial charge in [-0.1, -0.05) is 5.11 Å². The number of hydrogen-bond acceptors (Lipinski definition) is 4. The highest BCUT2D eigenvalue weighted by atomic mass is 16.7. The summed E-state index contributed by atoms with van der Waals surface area (Å²) in [5, 5.41) is 3.20. The summed E-state index contributed by atoms with van der Waals surface area (Å²) in [5.74, 6) is 0.920. The molecule has 2 rings (SSSR count). The quantitative estimate of drug-likeness (QED) is 0.327. The Morgan fingerprint density at radius 2 is 2.27 bits per heavy atom. The van der Waals surface area contributed by atoms with Gasteiger partial charge in [-0.15, -0.1) is 0 Å². The molecule has 0 amide bonds. The average Bonchev–Trinajstić information content (AvgIpc) is 2.72. The van der Waals surface area contributed by atoms with Crippen molar-refractivity contribution in [1.82, 2.24) is 0 Å². The molecule has 0 bridgehead atoms.